The molecule has 160 valence electrons. The van der Waals surface area contributed by atoms with Gasteiger partial charge in [0.25, 0.3) is 0 Å². The molecule has 0 spiro atoms. The molecule has 0 saturated carbocycles. The standard InChI is InChI=1S/C26H30N4O/c1-20(2)30-25-13-14-27-26(30)28-23-11-7-9-21(17-23)19-29(3)15-5-4-6-16-31-24-12-8-10-22(25)18-24/h4-5,7-14,17-18,20H,6,15-16,19H2,1-3H3/b5-4+,28-26?. The van der Waals surface area contributed by atoms with Gasteiger partial charge in [-0.2, -0.15) is 0 Å². The number of ether oxygens (including phenoxy) is 1. The summed E-state index contributed by atoms with van der Waals surface area (Å²) in [4.78, 5) is 14.0. The molecule has 5 nitrogen and oxygen atoms in total. The van der Waals surface area contributed by atoms with Crippen LogP contribution >= 0.6 is 0 Å². The van der Waals surface area contributed by atoms with E-state index in [1.807, 2.05) is 30.5 Å². The fourth-order valence-corrected chi connectivity index (χ4v) is 3.83. The number of likely N-dealkylation sites (N-methyl/N-ethyl adjacent to an activating group) is 1. The molecule has 0 unspecified atom stereocenters. The van der Waals surface area contributed by atoms with Crippen LogP contribution in [0, 0.1) is 0 Å². The molecule has 0 aromatic heterocycles. The molecule has 0 radical (unpaired) electrons. The van der Waals surface area contributed by atoms with Gasteiger partial charge < -0.3 is 9.64 Å². The van der Waals surface area contributed by atoms with Crippen molar-refractivity contribution in [3.8, 4) is 5.75 Å². The van der Waals surface area contributed by atoms with E-state index in [9.17, 15) is 0 Å². The highest BCUT2D eigenvalue weighted by Crippen LogP contribution is 2.29. The first-order valence-electron chi connectivity index (χ1n) is 10.9. The Hall–Kier alpha value is -3.18. The minimum Gasteiger partial charge on any atom is -0.493 e. The fourth-order valence-electron chi connectivity index (χ4n) is 3.83. The highest BCUT2D eigenvalue weighted by atomic mass is 16.5. The quantitative estimate of drug-likeness (QED) is 0.596. The summed E-state index contributed by atoms with van der Waals surface area (Å²) in [6, 6.07) is 16.9. The number of aliphatic imine (C=N–C) groups is 2. The Balaban J connectivity index is 1.76. The maximum absolute atomic E-state index is 6.01. The summed E-state index contributed by atoms with van der Waals surface area (Å²) in [6.07, 6.45) is 9.16. The van der Waals surface area contributed by atoms with E-state index in [1.165, 1.54) is 5.56 Å². The Labute approximate surface area is 185 Å². The molecular formula is C26H30N4O. The fraction of sp³-hybridized carbons (Fsp3) is 0.308. The molecule has 0 fully saturated rings. The van der Waals surface area contributed by atoms with Gasteiger partial charge in [0, 0.05) is 30.9 Å². The van der Waals surface area contributed by atoms with Crippen LogP contribution in [0.5, 0.6) is 5.75 Å². The summed E-state index contributed by atoms with van der Waals surface area (Å²) in [5.41, 5.74) is 4.32. The predicted molar refractivity (Wildman–Crippen MR) is 129 cm³/mol. The average molecular weight is 415 g/mol. The molecule has 2 aromatic rings. The molecule has 2 aromatic carbocycles. The van der Waals surface area contributed by atoms with E-state index >= 15 is 0 Å². The normalized spacial score (nSPS) is 18.5. The van der Waals surface area contributed by atoms with E-state index in [0.717, 1.165) is 42.2 Å². The zero-order valence-electron chi connectivity index (χ0n) is 18.5. The lowest BCUT2D eigenvalue weighted by Gasteiger charge is -2.32. The van der Waals surface area contributed by atoms with Crippen LogP contribution in [-0.4, -0.2) is 48.2 Å². The number of hydrogen-bond donors (Lipinski definition) is 0. The molecule has 0 atom stereocenters. The summed E-state index contributed by atoms with van der Waals surface area (Å²) >= 11 is 0. The van der Waals surface area contributed by atoms with Crippen LogP contribution in [-0.2, 0) is 6.54 Å². The first-order valence-corrected chi connectivity index (χ1v) is 10.9. The lowest BCUT2D eigenvalue weighted by atomic mass is 10.1. The van der Waals surface area contributed by atoms with Gasteiger partial charge in [0.15, 0.2) is 0 Å². The Morgan fingerprint density at radius 2 is 1.90 bits per heavy atom. The van der Waals surface area contributed by atoms with E-state index in [-0.39, 0.29) is 6.04 Å². The number of guanidine groups is 1. The van der Waals surface area contributed by atoms with Crippen molar-refractivity contribution in [1.82, 2.24) is 9.80 Å². The number of fused-ring (bicyclic) bond motifs is 7. The second-order valence-corrected chi connectivity index (χ2v) is 8.21. The third-order valence-corrected chi connectivity index (χ3v) is 5.27. The maximum Gasteiger partial charge on any atom is 0.230 e. The number of allylic oxidation sites excluding steroid dienone is 1. The van der Waals surface area contributed by atoms with E-state index in [4.69, 9.17) is 9.73 Å². The molecular weight excluding hydrogens is 384 g/mol. The zero-order chi connectivity index (χ0) is 21.6. The monoisotopic (exact) mass is 414 g/mol. The summed E-state index contributed by atoms with van der Waals surface area (Å²) < 4.78 is 6.01. The van der Waals surface area contributed by atoms with Crippen molar-refractivity contribution in [3.63, 3.8) is 0 Å². The minimum absolute atomic E-state index is 0.206. The molecule has 0 aliphatic carbocycles. The highest BCUT2D eigenvalue weighted by Gasteiger charge is 2.23. The van der Waals surface area contributed by atoms with Crippen LogP contribution in [0.25, 0.3) is 5.70 Å². The van der Waals surface area contributed by atoms with Gasteiger partial charge in [-0.25, -0.2) is 9.98 Å². The SMILES string of the molecule is CC(C)N1C2=CC=NC1=Nc1cccc(c1)CN(C)C/C=C/CCOc1cccc2c1. The molecule has 4 rings (SSSR count). The van der Waals surface area contributed by atoms with Gasteiger partial charge in [-0.15, -0.1) is 0 Å². The molecule has 6 bridgehead atoms. The maximum atomic E-state index is 6.01. The van der Waals surface area contributed by atoms with Crippen LogP contribution < -0.4 is 4.74 Å². The second-order valence-electron chi connectivity index (χ2n) is 8.21. The molecule has 2 aliphatic heterocycles. The summed E-state index contributed by atoms with van der Waals surface area (Å²) in [5.74, 6) is 1.58. The van der Waals surface area contributed by atoms with Crippen LogP contribution in [0.1, 0.15) is 31.4 Å². The van der Waals surface area contributed by atoms with Crippen molar-refractivity contribution >= 4 is 23.6 Å². The van der Waals surface area contributed by atoms with Crippen molar-refractivity contribution in [2.45, 2.75) is 32.9 Å². The molecule has 0 amide bonds. The second kappa shape index (κ2) is 9.75. The smallest absolute Gasteiger partial charge is 0.230 e. The highest BCUT2D eigenvalue weighted by molar-refractivity contribution is 6.04. The zero-order valence-corrected chi connectivity index (χ0v) is 18.5. The number of nitrogens with zero attached hydrogens (tertiary/aromatic N) is 4. The van der Waals surface area contributed by atoms with Gasteiger partial charge >= 0.3 is 0 Å². The van der Waals surface area contributed by atoms with Crippen molar-refractivity contribution in [2.24, 2.45) is 9.98 Å². The molecule has 0 N–H and O–H groups in total. The van der Waals surface area contributed by atoms with Gasteiger partial charge in [0.2, 0.25) is 5.96 Å². The van der Waals surface area contributed by atoms with Crippen molar-refractivity contribution in [3.05, 3.63) is 77.9 Å². The van der Waals surface area contributed by atoms with Gasteiger partial charge in [-0.05, 0) is 63.2 Å². The predicted octanol–water partition coefficient (Wildman–Crippen LogP) is 5.28. The van der Waals surface area contributed by atoms with Gasteiger partial charge in [0.1, 0.15) is 5.75 Å². The molecule has 2 heterocycles. The van der Waals surface area contributed by atoms with Crippen LogP contribution in [0.15, 0.2) is 76.7 Å². The van der Waals surface area contributed by atoms with Crippen molar-refractivity contribution < 1.29 is 4.74 Å². The Morgan fingerprint density at radius 1 is 1.03 bits per heavy atom. The topological polar surface area (TPSA) is 40.4 Å². The van der Waals surface area contributed by atoms with Crippen LogP contribution in [0.3, 0.4) is 0 Å². The Bertz CT molecular complexity index is 1040. The number of rotatable bonds is 1. The van der Waals surface area contributed by atoms with E-state index in [0.29, 0.717) is 12.6 Å². The molecule has 2 aliphatic rings. The van der Waals surface area contributed by atoms with Gasteiger partial charge in [-0.3, -0.25) is 4.90 Å². The van der Waals surface area contributed by atoms with E-state index in [1.54, 1.807) is 0 Å². The summed E-state index contributed by atoms with van der Waals surface area (Å²) in [5, 5.41) is 0. The molecule has 31 heavy (non-hydrogen) atoms. The average Bonchev–Trinajstić information content (AvgIpc) is 2.76. The van der Waals surface area contributed by atoms with Crippen LogP contribution in [0.4, 0.5) is 5.69 Å². The number of benzene rings is 2. The third kappa shape index (κ3) is 5.30. The minimum atomic E-state index is 0.206. The summed E-state index contributed by atoms with van der Waals surface area (Å²) in [6.45, 7) is 6.75. The molecule has 5 heteroatoms. The lowest BCUT2D eigenvalue weighted by Crippen LogP contribution is -2.36. The van der Waals surface area contributed by atoms with Gasteiger partial charge in [-0.1, -0.05) is 36.4 Å². The largest absolute Gasteiger partial charge is 0.493 e. The number of hydrogen-bond acceptors (Lipinski definition) is 5. The van der Waals surface area contributed by atoms with E-state index in [2.05, 4.69) is 78.2 Å². The van der Waals surface area contributed by atoms with Crippen LogP contribution in [0.2, 0.25) is 0 Å². The van der Waals surface area contributed by atoms with E-state index < -0.39 is 0 Å². The van der Waals surface area contributed by atoms with Gasteiger partial charge in [0.05, 0.1) is 18.0 Å². The first kappa shape index (κ1) is 21.1. The Morgan fingerprint density at radius 3 is 2.77 bits per heavy atom. The molecule has 0 saturated heterocycles. The third-order valence-electron chi connectivity index (χ3n) is 5.27. The lowest BCUT2D eigenvalue weighted by molar-refractivity contribution is 0.323. The Kier molecular flexibility index (Phi) is 6.63. The van der Waals surface area contributed by atoms with Crippen molar-refractivity contribution in [2.75, 3.05) is 20.2 Å². The first-order chi connectivity index (χ1) is 15.1. The van der Waals surface area contributed by atoms with Crippen molar-refractivity contribution in [1.29, 1.82) is 0 Å². The summed E-state index contributed by atoms with van der Waals surface area (Å²) in [7, 11) is 2.13.